The molecule has 1 aliphatic carbocycles. The number of piperazine rings is 1. The van der Waals surface area contributed by atoms with E-state index < -0.39 is 0 Å². The highest BCUT2D eigenvalue weighted by Crippen LogP contribution is 2.26. The molecule has 0 bridgehead atoms. The molecule has 0 unspecified atom stereocenters. The van der Waals surface area contributed by atoms with Gasteiger partial charge in [0.2, 0.25) is 5.95 Å². The molecule has 1 aromatic heterocycles. The van der Waals surface area contributed by atoms with E-state index in [9.17, 15) is 0 Å². The number of anilines is 1. The Bertz CT molecular complexity index is 635. The lowest BCUT2D eigenvalue weighted by Crippen LogP contribution is -2.52. The molecule has 4 heterocycles. The summed E-state index contributed by atoms with van der Waals surface area (Å²) >= 11 is 0. The van der Waals surface area contributed by atoms with Crippen LogP contribution in [0.25, 0.3) is 0 Å². The third-order valence-electron chi connectivity index (χ3n) is 7.14. The van der Waals surface area contributed by atoms with E-state index in [1.165, 1.54) is 56.5 Å². The fraction of sp³-hybridized carbons (Fsp3) is 0.810. The number of hydrogen-bond donors (Lipinski definition) is 0. The molecule has 6 nitrogen and oxygen atoms in total. The third kappa shape index (κ3) is 3.84. The molecule has 1 aromatic rings. The van der Waals surface area contributed by atoms with E-state index in [4.69, 9.17) is 14.7 Å². The Kier molecular flexibility index (Phi) is 5.29. The second kappa shape index (κ2) is 8.02. The summed E-state index contributed by atoms with van der Waals surface area (Å²) in [5, 5.41) is 0. The fourth-order valence-electron chi connectivity index (χ4n) is 5.09. The van der Waals surface area contributed by atoms with Gasteiger partial charge in [0, 0.05) is 77.2 Å². The highest BCUT2D eigenvalue weighted by Gasteiger charge is 2.29. The van der Waals surface area contributed by atoms with Gasteiger partial charge in [0.1, 0.15) is 0 Å². The molecular formula is C21H33N5O. The molecule has 0 aromatic carbocycles. The Labute approximate surface area is 162 Å². The van der Waals surface area contributed by atoms with Crippen LogP contribution in [-0.4, -0.2) is 84.3 Å². The van der Waals surface area contributed by atoms with E-state index in [1.807, 2.05) is 0 Å². The van der Waals surface area contributed by atoms with Gasteiger partial charge in [-0.25, -0.2) is 9.97 Å². The van der Waals surface area contributed by atoms with Crippen molar-refractivity contribution in [3.8, 4) is 0 Å². The number of aromatic nitrogens is 2. The molecule has 0 amide bonds. The van der Waals surface area contributed by atoms with Crippen molar-refractivity contribution in [3.63, 3.8) is 0 Å². The molecule has 0 radical (unpaired) electrons. The molecule has 1 saturated carbocycles. The first kappa shape index (κ1) is 17.8. The van der Waals surface area contributed by atoms with Crippen LogP contribution in [0, 0.1) is 0 Å². The van der Waals surface area contributed by atoms with Gasteiger partial charge in [-0.05, 0) is 37.7 Å². The molecule has 0 spiro atoms. The Morgan fingerprint density at radius 3 is 2.26 bits per heavy atom. The van der Waals surface area contributed by atoms with E-state index in [1.54, 1.807) is 0 Å². The van der Waals surface area contributed by atoms with Crippen molar-refractivity contribution in [1.82, 2.24) is 19.8 Å². The average molecular weight is 372 g/mol. The largest absolute Gasteiger partial charge is 0.381 e. The normalized spacial score (nSPS) is 26.4. The summed E-state index contributed by atoms with van der Waals surface area (Å²) < 4.78 is 5.54. The van der Waals surface area contributed by atoms with Gasteiger partial charge in [-0.1, -0.05) is 6.42 Å². The van der Waals surface area contributed by atoms with Gasteiger partial charge in [-0.3, -0.25) is 9.80 Å². The van der Waals surface area contributed by atoms with Gasteiger partial charge in [0.15, 0.2) is 0 Å². The molecule has 6 heteroatoms. The molecule has 27 heavy (non-hydrogen) atoms. The van der Waals surface area contributed by atoms with Crippen LogP contribution in [-0.2, 0) is 17.6 Å². The molecule has 2 saturated heterocycles. The summed E-state index contributed by atoms with van der Waals surface area (Å²) in [6.07, 6.45) is 10.8. The maximum atomic E-state index is 5.54. The minimum absolute atomic E-state index is 0.695. The minimum atomic E-state index is 0.695. The number of hydrogen-bond acceptors (Lipinski definition) is 6. The van der Waals surface area contributed by atoms with Crippen molar-refractivity contribution in [1.29, 1.82) is 0 Å². The van der Waals surface area contributed by atoms with E-state index in [0.717, 1.165) is 64.2 Å². The molecule has 3 aliphatic heterocycles. The topological polar surface area (TPSA) is 44.7 Å². The smallest absolute Gasteiger partial charge is 0.225 e. The Balaban J connectivity index is 1.21. The first-order valence-electron chi connectivity index (χ1n) is 11.0. The van der Waals surface area contributed by atoms with Gasteiger partial charge < -0.3 is 9.64 Å². The quantitative estimate of drug-likeness (QED) is 0.806. The van der Waals surface area contributed by atoms with Crippen LogP contribution in [0.15, 0.2) is 6.20 Å². The lowest BCUT2D eigenvalue weighted by molar-refractivity contribution is 0.0355. The first-order valence-corrected chi connectivity index (χ1v) is 11.0. The number of nitrogens with zero attached hydrogens (tertiary/aromatic N) is 5. The molecule has 4 aliphatic rings. The van der Waals surface area contributed by atoms with Crippen molar-refractivity contribution in [3.05, 3.63) is 17.5 Å². The van der Waals surface area contributed by atoms with E-state index in [2.05, 4.69) is 20.9 Å². The van der Waals surface area contributed by atoms with E-state index in [-0.39, 0.29) is 0 Å². The maximum Gasteiger partial charge on any atom is 0.225 e. The van der Waals surface area contributed by atoms with Crippen molar-refractivity contribution in [2.75, 3.05) is 57.4 Å². The van der Waals surface area contributed by atoms with Crippen LogP contribution in [0.4, 0.5) is 5.95 Å². The van der Waals surface area contributed by atoms with Crippen LogP contribution in [0.3, 0.4) is 0 Å². The summed E-state index contributed by atoms with van der Waals surface area (Å²) in [6, 6.07) is 1.55. The van der Waals surface area contributed by atoms with Gasteiger partial charge in [0.25, 0.3) is 0 Å². The zero-order valence-electron chi connectivity index (χ0n) is 16.5. The average Bonchev–Trinajstić information content (AvgIpc) is 2.90. The highest BCUT2D eigenvalue weighted by atomic mass is 16.5. The van der Waals surface area contributed by atoms with Gasteiger partial charge in [0.05, 0.1) is 5.69 Å². The van der Waals surface area contributed by atoms with Crippen molar-refractivity contribution < 1.29 is 4.74 Å². The van der Waals surface area contributed by atoms with Crippen LogP contribution < -0.4 is 4.90 Å². The summed E-state index contributed by atoms with van der Waals surface area (Å²) in [5.74, 6) is 0.960. The first-order chi connectivity index (χ1) is 13.4. The molecule has 3 fully saturated rings. The lowest BCUT2D eigenvalue weighted by atomic mass is 9.91. The predicted molar refractivity (Wildman–Crippen MR) is 106 cm³/mol. The summed E-state index contributed by atoms with van der Waals surface area (Å²) in [7, 11) is 0. The van der Waals surface area contributed by atoms with E-state index >= 15 is 0 Å². The van der Waals surface area contributed by atoms with Crippen LogP contribution in [0.1, 0.15) is 43.4 Å². The van der Waals surface area contributed by atoms with Crippen LogP contribution >= 0.6 is 0 Å². The summed E-state index contributed by atoms with van der Waals surface area (Å²) in [6.45, 7) is 8.60. The molecule has 0 atom stereocenters. The second-order valence-electron chi connectivity index (χ2n) is 8.63. The summed E-state index contributed by atoms with van der Waals surface area (Å²) in [5.41, 5.74) is 2.65. The molecule has 148 valence electrons. The minimum Gasteiger partial charge on any atom is -0.381 e. The molecule has 0 N–H and O–H groups in total. The zero-order chi connectivity index (χ0) is 18.1. The van der Waals surface area contributed by atoms with Crippen molar-refractivity contribution >= 4 is 5.95 Å². The Morgan fingerprint density at radius 1 is 0.815 bits per heavy atom. The van der Waals surface area contributed by atoms with E-state index in [0.29, 0.717) is 6.04 Å². The number of fused-ring (bicyclic) bond motifs is 1. The van der Waals surface area contributed by atoms with Gasteiger partial charge >= 0.3 is 0 Å². The standard InChI is InChI=1S/C21H33N5O/c1-2-18(3-1)25-10-12-26(13-11-25)21-22-16-17-4-8-24(9-5-20(17)23-21)19-6-14-27-15-7-19/h16,18-19H,1-15H2. The van der Waals surface area contributed by atoms with Crippen LogP contribution in [0.2, 0.25) is 0 Å². The Hall–Kier alpha value is -1.24. The summed E-state index contributed by atoms with van der Waals surface area (Å²) in [4.78, 5) is 17.5. The van der Waals surface area contributed by atoms with Crippen LogP contribution in [0.5, 0.6) is 0 Å². The van der Waals surface area contributed by atoms with Gasteiger partial charge in [-0.15, -0.1) is 0 Å². The third-order valence-corrected chi connectivity index (χ3v) is 7.14. The van der Waals surface area contributed by atoms with Crippen molar-refractivity contribution in [2.24, 2.45) is 0 Å². The monoisotopic (exact) mass is 371 g/mol. The van der Waals surface area contributed by atoms with Crippen molar-refractivity contribution in [2.45, 2.75) is 57.0 Å². The number of rotatable bonds is 3. The molecule has 5 rings (SSSR count). The fourth-order valence-corrected chi connectivity index (χ4v) is 5.09. The molecular weight excluding hydrogens is 338 g/mol. The lowest BCUT2D eigenvalue weighted by Gasteiger charge is -2.43. The zero-order valence-corrected chi connectivity index (χ0v) is 16.5. The maximum absolute atomic E-state index is 5.54. The predicted octanol–water partition coefficient (Wildman–Crippen LogP) is 1.73. The number of ether oxygens (including phenoxy) is 1. The second-order valence-corrected chi connectivity index (χ2v) is 8.63. The highest BCUT2D eigenvalue weighted by molar-refractivity contribution is 5.35. The SMILES string of the molecule is c1nc(N2CCN(C3CCC3)CC2)nc2c1CCN(C1CCOCC1)CC2. The Morgan fingerprint density at radius 2 is 1.52 bits per heavy atom. The van der Waals surface area contributed by atoms with Gasteiger partial charge in [-0.2, -0.15) is 0 Å².